The summed E-state index contributed by atoms with van der Waals surface area (Å²) in [5.41, 5.74) is 9.16. The van der Waals surface area contributed by atoms with Gasteiger partial charge in [0.05, 0.1) is 5.71 Å². The van der Waals surface area contributed by atoms with Gasteiger partial charge in [0.1, 0.15) is 5.00 Å². The van der Waals surface area contributed by atoms with Crippen LogP contribution in [-0.2, 0) is 12.5 Å². The van der Waals surface area contributed by atoms with Crippen LogP contribution in [0, 0.1) is 5.41 Å². The molecule has 4 aromatic carbocycles. The Morgan fingerprint density at radius 2 is 1.57 bits per heavy atom. The van der Waals surface area contributed by atoms with E-state index < -0.39 is 0 Å². The highest BCUT2D eigenvalue weighted by atomic mass is 32.1. The molecule has 6 aromatic rings. The number of hydrogen-bond donors (Lipinski definition) is 1. The topological polar surface area (TPSA) is 41.1 Å². The largest absolute Gasteiger partial charge is 0.344 e. The van der Waals surface area contributed by atoms with E-state index in [1.807, 2.05) is 35.7 Å². The Bertz CT molecular complexity index is 2100. The molecule has 206 valence electrons. The molecule has 0 radical (unpaired) electrons. The van der Waals surface area contributed by atoms with E-state index in [1.165, 1.54) is 43.9 Å². The fourth-order valence-corrected chi connectivity index (χ4v) is 7.25. The monoisotopic (exact) mass is 563 g/mol. The molecular weight excluding hydrogens is 531 g/mol. The summed E-state index contributed by atoms with van der Waals surface area (Å²) in [6, 6.07) is 29.7. The predicted octanol–water partition coefficient (Wildman–Crippen LogP) is 10.4. The first-order valence-electron chi connectivity index (χ1n) is 13.9. The Morgan fingerprint density at radius 1 is 0.833 bits per heavy atom. The van der Waals surface area contributed by atoms with Gasteiger partial charge in [-0.1, -0.05) is 106 Å². The van der Waals surface area contributed by atoms with Crippen molar-refractivity contribution in [3.8, 4) is 0 Å². The number of aromatic nitrogens is 1. The number of aliphatic imine (C=N–C) groups is 1. The van der Waals surface area contributed by atoms with E-state index in [-0.39, 0.29) is 5.41 Å². The first-order chi connectivity index (χ1) is 20.3. The zero-order valence-electron chi connectivity index (χ0n) is 24.2. The predicted molar refractivity (Wildman–Crippen MR) is 184 cm³/mol. The van der Waals surface area contributed by atoms with Gasteiger partial charge in [0.25, 0.3) is 0 Å². The van der Waals surface area contributed by atoms with Crippen LogP contribution in [-0.4, -0.2) is 17.0 Å². The lowest BCUT2D eigenvalue weighted by Gasteiger charge is -2.25. The zero-order chi connectivity index (χ0) is 29.6. The molecule has 3 nitrogen and oxygen atoms in total. The highest BCUT2D eigenvalue weighted by molar-refractivity contribution is 7.14. The van der Waals surface area contributed by atoms with Crippen LogP contribution in [0.3, 0.4) is 0 Å². The summed E-state index contributed by atoms with van der Waals surface area (Å²) >= 11 is 1.50. The standard InChI is InChI=1S/C21H20N2S.C17H13N/c1-6-13-14-9-8-10-15(18(14)21(3,4)17(13)7-2)19(22)16-11-12-24-20(16)23-5;1-18-15-9-5-4-8-14(15)17-13-7-3-2-6-12(13)10-11-16(17)18/h6-12,22H,1-2,5H2,3-4H3;2-11H,1H3. The van der Waals surface area contributed by atoms with Crippen molar-refractivity contribution in [1.29, 1.82) is 5.41 Å². The first kappa shape index (κ1) is 27.4. The number of nitrogens with one attached hydrogen (secondary N) is 1. The Morgan fingerprint density at radius 3 is 2.31 bits per heavy atom. The summed E-state index contributed by atoms with van der Waals surface area (Å²) in [6.45, 7) is 15.9. The second-order valence-corrected chi connectivity index (χ2v) is 11.9. The Balaban J connectivity index is 0.000000156. The second kappa shape index (κ2) is 10.6. The lowest BCUT2D eigenvalue weighted by atomic mass is 9.77. The molecule has 0 amide bonds. The van der Waals surface area contributed by atoms with Crippen molar-refractivity contribution in [2.75, 3.05) is 0 Å². The zero-order valence-corrected chi connectivity index (χ0v) is 25.1. The fraction of sp³-hybridized carbons (Fsp3) is 0.105. The molecule has 0 saturated carbocycles. The molecule has 0 unspecified atom stereocenters. The minimum Gasteiger partial charge on any atom is -0.344 e. The number of benzene rings is 4. The van der Waals surface area contributed by atoms with Crippen LogP contribution in [0.5, 0.6) is 0 Å². The molecule has 1 aliphatic carbocycles. The van der Waals surface area contributed by atoms with Gasteiger partial charge in [-0.3, -0.25) is 10.4 Å². The SMILES string of the molecule is C=CC1=C(C=C)C(C)(C)c2c(C(=N)c3ccsc3N=C)cccc21.Cn1c2ccccc2c2c3ccccc3ccc21. The Hall–Kier alpha value is -4.80. The molecular formula is C38H33N3S. The van der Waals surface area contributed by atoms with Gasteiger partial charge in [-0.25, -0.2) is 0 Å². The second-order valence-electron chi connectivity index (χ2n) is 11.0. The van der Waals surface area contributed by atoms with Gasteiger partial charge in [0, 0.05) is 45.4 Å². The lowest BCUT2D eigenvalue weighted by molar-refractivity contribution is 0.653. The summed E-state index contributed by atoms with van der Waals surface area (Å²) in [5.74, 6) is 0. The van der Waals surface area contributed by atoms with Crippen molar-refractivity contribution in [3.63, 3.8) is 0 Å². The van der Waals surface area contributed by atoms with Crippen LogP contribution in [0.15, 0.2) is 126 Å². The highest BCUT2D eigenvalue weighted by Crippen LogP contribution is 2.49. The van der Waals surface area contributed by atoms with Crippen LogP contribution in [0.4, 0.5) is 5.00 Å². The molecule has 1 aliphatic rings. The molecule has 0 bridgehead atoms. The number of aryl methyl sites for hydroxylation is 1. The van der Waals surface area contributed by atoms with Crippen LogP contribution in [0.2, 0.25) is 0 Å². The number of hydrogen-bond acceptors (Lipinski definition) is 3. The summed E-state index contributed by atoms with van der Waals surface area (Å²) in [4.78, 5) is 4.05. The summed E-state index contributed by atoms with van der Waals surface area (Å²) in [6.07, 6.45) is 3.80. The molecule has 0 atom stereocenters. The third-order valence-corrected chi connectivity index (χ3v) is 9.33. The fourth-order valence-electron chi connectivity index (χ4n) is 6.55. The molecule has 4 heteroatoms. The average Bonchev–Trinajstić information content (AvgIpc) is 3.68. The van der Waals surface area contributed by atoms with Gasteiger partial charge < -0.3 is 4.57 Å². The van der Waals surface area contributed by atoms with Crippen molar-refractivity contribution in [2.24, 2.45) is 12.0 Å². The van der Waals surface area contributed by atoms with E-state index in [1.54, 1.807) is 0 Å². The smallest absolute Gasteiger partial charge is 0.124 e. The maximum atomic E-state index is 8.77. The maximum absolute atomic E-state index is 8.77. The minimum atomic E-state index is -0.221. The lowest BCUT2D eigenvalue weighted by Crippen LogP contribution is -2.20. The Kier molecular flexibility index (Phi) is 6.88. The summed E-state index contributed by atoms with van der Waals surface area (Å²) in [7, 11) is 2.14. The number of para-hydroxylation sites is 1. The van der Waals surface area contributed by atoms with Gasteiger partial charge in [0.15, 0.2) is 0 Å². The van der Waals surface area contributed by atoms with Gasteiger partial charge in [-0.05, 0) is 63.3 Å². The van der Waals surface area contributed by atoms with Crippen molar-refractivity contribution in [1.82, 2.24) is 4.57 Å². The van der Waals surface area contributed by atoms with Crippen LogP contribution < -0.4 is 0 Å². The molecule has 2 aromatic heterocycles. The van der Waals surface area contributed by atoms with Crippen LogP contribution >= 0.6 is 11.3 Å². The summed E-state index contributed by atoms with van der Waals surface area (Å²) in [5, 5.41) is 16.9. The van der Waals surface area contributed by atoms with Crippen molar-refractivity contribution in [3.05, 3.63) is 143 Å². The van der Waals surface area contributed by atoms with Crippen molar-refractivity contribution < 1.29 is 0 Å². The number of rotatable bonds is 5. The molecule has 2 heterocycles. The van der Waals surface area contributed by atoms with Crippen molar-refractivity contribution in [2.45, 2.75) is 19.3 Å². The van der Waals surface area contributed by atoms with E-state index in [2.05, 4.69) is 117 Å². The van der Waals surface area contributed by atoms with Gasteiger partial charge >= 0.3 is 0 Å². The third-order valence-electron chi connectivity index (χ3n) is 8.48. The van der Waals surface area contributed by atoms with E-state index in [4.69, 9.17) is 5.41 Å². The van der Waals surface area contributed by atoms with Crippen LogP contribution in [0.1, 0.15) is 36.1 Å². The van der Waals surface area contributed by atoms with E-state index in [0.717, 1.165) is 38.4 Å². The van der Waals surface area contributed by atoms with Crippen LogP contribution in [0.25, 0.3) is 38.2 Å². The molecule has 7 rings (SSSR count). The van der Waals surface area contributed by atoms with Gasteiger partial charge in [0.2, 0.25) is 0 Å². The maximum Gasteiger partial charge on any atom is 0.124 e. The third kappa shape index (κ3) is 4.10. The van der Waals surface area contributed by atoms with E-state index >= 15 is 0 Å². The minimum absolute atomic E-state index is 0.221. The first-order valence-corrected chi connectivity index (χ1v) is 14.8. The normalized spacial score (nSPS) is 13.6. The number of fused-ring (bicyclic) bond motifs is 6. The summed E-state index contributed by atoms with van der Waals surface area (Å²) < 4.78 is 2.27. The van der Waals surface area contributed by atoms with Gasteiger partial charge in [-0.2, -0.15) is 0 Å². The van der Waals surface area contributed by atoms with Gasteiger partial charge in [-0.15, -0.1) is 11.3 Å². The van der Waals surface area contributed by atoms with E-state index in [9.17, 15) is 0 Å². The quantitative estimate of drug-likeness (QED) is 0.203. The molecule has 0 saturated heterocycles. The van der Waals surface area contributed by atoms with E-state index in [0.29, 0.717) is 5.71 Å². The Labute approximate surface area is 251 Å². The average molecular weight is 564 g/mol. The number of nitrogens with zero attached hydrogens (tertiary/aromatic N) is 2. The highest BCUT2D eigenvalue weighted by Gasteiger charge is 2.38. The molecule has 42 heavy (non-hydrogen) atoms. The molecule has 0 aliphatic heterocycles. The molecule has 0 spiro atoms. The number of allylic oxidation sites excluding steroid dienone is 4. The molecule has 1 N–H and O–H groups in total. The molecule has 0 fully saturated rings. The van der Waals surface area contributed by atoms with Crippen molar-refractivity contribution >= 4 is 66.9 Å². The number of thiophene rings is 1.